The van der Waals surface area contributed by atoms with E-state index in [4.69, 9.17) is 5.73 Å². The van der Waals surface area contributed by atoms with Gasteiger partial charge in [0, 0.05) is 23.6 Å². The van der Waals surface area contributed by atoms with Crippen molar-refractivity contribution in [2.75, 3.05) is 0 Å². The van der Waals surface area contributed by atoms with Gasteiger partial charge in [-0.25, -0.2) is 4.98 Å². The average molecular weight is 196 g/mol. The van der Waals surface area contributed by atoms with Crippen molar-refractivity contribution in [1.29, 1.82) is 0 Å². The number of thioether (sulfide) groups is 1. The predicted octanol–water partition coefficient (Wildman–Crippen LogP) is 2.35. The van der Waals surface area contributed by atoms with Crippen molar-refractivity contribution in [3.63, 3.8) is 0 Å². The van der Waals surface area contributed by atoms with Crippen molar-refractivity contribution >= 4 is 11.8 Å². The third-order valence-electron chi connectivity index (χ3n) is 1.80. The van der Waals surface area contributed by atoms with E-state index in [0.717, 1.165) is 5.03 Å². The minimum atomic E-state index is 0.555. The normalized spacial score (nSPS) is 10.8. The van der Waals surface area contributed by atoms with E-state index < -0.39 is 0 Å². The molecule has 0 atom stereocenters. The molecule has 0 unspecified atom stereocenters. The molecule has 1 rings (SSSR count). The van der Waals surface area contributed by atoms with Gasteiger partial charge in [0.1, 0.15) is 5.03 Å². The van der Waals surface area contributed by atoms with Gasteiger partial charge in [0.15, 0.2) is 0 Å². The quantitative estimate of drug-likeness (QED) is 0.754. The van der Waals surface area contributed by atoms with E-state index in [2.05, 4.69) is 25.8 Å². The number of rotatable bonds is 3. The highest BCUT2D eigenvalue weighted by molar-refractivity contribution is 7.99. The van der Waals surface area contributed by atoms with E-state index in [0.29, 0.717) is 11.8 Å². The number of aryl methyl sites for hydroxylation is 1. The first-order valence-corrected chi connectivity index (χ1v) is 5.34. The van der Waals surface area contributed by atoms with Crippen molar-refractivity contribution in [3.8, 4) is 0 Å². The molecule has 0 aliphatic carbocycles. The van der Waals surface area contributed by atoms with E-state index >= 15 is 0 Å². The van der Waals surface area contributed by atoms with Gasteiger partial charge in [-0.15, -0.1) is 11.8 Å². The number of hydrogen-bond acceptors (Lipinski definition) is 3. The fraction of sp³-hybridized carbons (Fsp3) is 0.500. The second kappa shape index (κ2) is 4.63. The number of pyridine rings is 1. The summed E-state index contributed by atoms with van der Waals surface area (Å²) in [6.07, 6.45) is 1.85. The maximum atomic E-state index is 5.67. The Bertz CT molecular complexity index is 284. The summed E-state index contributed by atoms with van der Waals surface area (Å²) in [5.74, 6) is 0. The van der Waals surface area contributed by atoms with Crippen molar-refractivity contribution in [2.45, 2.75) is 37.6 Å². The molecular weight excluding hydrogens is 180 g/mol. The third-order valence-corrected chi connectivity index (χ3v) is 2.85. The zero-order valence-electron chi connectivity index (χ0n) is 8.37. The second-order valence-corrected chi connectivity index (χ2v) is 4.85. The molecule has 0 aliphatic heterocycles. The molecule has 72 valence electrons. The summed E-state index contributed by atoms with van der Waals surface area (Å²) in [5.41, 5.74) is 8.09. The summed E-state index contributed by atoms with van der Waals surface area (Å²) in [7, 11) is 0. The Kier molecular flexibility index (Phi) is 3.75. The van der Waals surface area contributed by atoms with Gasteiger partial charge < -0.3 is 5.73 Å². The van der Waals surface area contributed by atoms with Crippen LogP contribution < -0.4 is 5.73 Å². The minimum absolute atomic E-state index is 0.555. The van der Waals surface area contributed by atoms with E-state index in [1.54, 1.807) is 11.8 Å². The lowest BCUT2D eigenvalue weighted by Crippen LogP contribution is -2.04. The average Bonchev–Trinajstić information content (AvgIpc) is 2.03. The van der Waals surface area contributed by atoms with Crippen molar-refractivity contribution in [2.24, 2.45) is 5.73 Å². The summed E-state index contributed by atoms with van der Waals surface area (Å²) in [6.45, 7) is 6.98. The zero-order chi connectivity index (χ0) is 9.84. The predicted molar refractivity (Wildman–Crippen MR) is 57.9 cm³/mol. The highest BCUT2D eigenvalue weighted by Crippen LogP contribution is 2.25. The smallest absolute Gasteiger partial charge is 0.101 e. The lowest BCUT2D eigenvalue weighted by Gasteiger charge is -2.10. The van der Waals surface area contributed by atoms with Crippen LogP contribution in [0.3, 0.4) is 0 Å². The lowest BCUT2D eigenvalue weighted by molar-refractivity contribution is 0.936. The van der Waals surface area contributed by atoms with Crippen LogP contribution in [-0.2, 0) is 6.54 Å². The highest BCUT2D eigenvalue weighted by atomic mass is 32.2. The number of hydrogen-bond donors (Lipinski definition) is 1. The van der Waals surface area contributed by atoms with Gasteiger partial charge in [0.05, 0.1) is 0 Å². The highest BCUT2D eigenvalue weighted by Gasteiger charge is 2.07. The van der Waals surface area contributed by atoms with Gasteiger partial charge in [-0.3, -0.25) is 0 Å². The number of nitrogens with two attached hydrogens (primary N) is 1. The molecule has 0 spiro atoms. The molecule has 1 aromatic rings. The molecule has 0 aliphatic rings. The fourth-order valence-corrected chi connectivity index (χ4v) is 2.09. The van der Waals surface area contributed by atoms with Gasteiger partial charge in [-0.1, -0.05) is 13.8 Å². The maximum absolute atomic E-state index is 5.67. The van der Waals surface area contributed by atoms with Crippen LogP contribution in [0.15, 0.2) is 17.3 Å². The topological polar surface area (TPSA) is 38.9 Å². The molecule has 1 aromatic heterocycles. The van der Waals surface area contributed by atoms with E-state index in [1.165, 1.54) is 11.1 Å². The van der Waals surface area contributed by atoms with Crippen LogP contribution in [0, 0.1) is 6.92 Å². The van der Waals surface area contributed by atoms with Crippen LogP contribution in [0.2, 0.25) is 0 Å². The van der Waals surface area contributed by atoms with Crippen LogP contribution in [-0.4, -0.2) is 10.2 Å². The summed E-state index contributed by atoms with van der Waals surface area (Å²) < 4.78 is 0. The van der Waals surface area contributed by atoms with Gasteiger partial charge in [0.25, 0.3) is 0 Å². The van der Waals surface area contributed by atoms with Crippen LogP contribution >= 0.6 is 11.8 Å². The SMILES string of the molecule is Cc1ccnc(SC(C)C)c1CN. The summed E-state index contributed by atoms with van der Waals surface area (Å²) >= 11 is 1.77. The summed E-state index contributed by atoms with van der Waals surface area (Å²) in [5, 5.41) is 1.64. The minimum Gasteiger partial charge on any atom is -0.326 e. The fourth-order valence-electron chi connectivity index (χ4n) is 1.14. The van der Waals surface area contributed by atoms with E-state index in [1.807, 2.05) is 12.3 Å². The first-order valence-electron chi connectivity index (χ1n) is 4.46. The Morgan fingerprint density at radius 1 is 1.54 bits per heavy atom. The van der Waals surface area contributed by atoms with Gasteiger partial charge in [-0.2, -0.15) is 0 Å². The Hall–Kier alpha value is -0.540. The molecular formula is C10H16N2S. The van der Waals surface area contributed by atoms with Crippen LogP contribution in [0.5, 0.6) is 0 Å². The molecule has 3 heteroatoms. The first kappa shape index (κ1) is 10.5. The van der Waals surface area contributed by atoms with E-state index in [-0.39, 0.29) is 0 Å². The number of aromatic nitrogens is 1. The zero-order valence-corrected chi connectivity index (χ0v) is 9.19. The largest absolute Gasteiger partial charge is 0.326 e. The molecule has 1 heterocycles. The van der Waals surface area contributed by atoms with Crippen LogP contribution in [0.25, 0.3) is 0 Å². The van der Waals surface area contributed by atoms with Crippen molar-refractivity contribution in [1.82, 2.24) is 4.98 Å². The summed E-state index contributed by atoms with van der Waals surface area (Å²) in [6, 6.07) is 2.01. The Morgan fingerprint density at radius 3 is 2.77 bits per heavy atom. The lowest BCUT2D eigenvalue weighted by atomic mass is 10.2. The molecule has 0 aromatic carbocycles. The molecule has 0 radical (unpaired) electrons. The van der Waals surface area contributed by atoms with Gasteiger partial charge in [-0.05, 0) is 18.6 Å². The Labute approximate surface area is 83.9 Å². The molecule has 0 saturated heterocycles. The van der Waals surface area contributed by atoms with E-state index in [9.17, 15) is 0 Å². The monoisotopic (exact) mass is 196 g/mol. The number of nitrogens with zero attached hydrogens (tertiary/aromatic N) is 1. The molecule has 13 heavy (non-hydrogen) atoms. The van der Waals surface area contributed by atoms with Gasteiger partial charge >= 0.3 is 0 Å². The maximum Gasteiger partial charge on any atom is 0.101 e. The molecule has 0 amide bonds. The standard InChI is InChI=1S/C10H16N2S/c1-7(2)13-10-9(6-11)8(3)4-5-12-10/h4-5,7H,6,11H2,1-3H3. The molecule has 0 fully saturated rings. The Balaban J connectivity index is 2.98. The van der Waals surface area contributed by atoms with Crippen molar-refractivity contribution < 1.29 is 0 Å². The van der Waals surface area contributed by atoms with Crippen molar-refractivity contribution in [3.05, 3.63) is 23.4 Å². The molecule has 2 N–H and O–H groups in total. The van der Waals surface area contributed by atoms with Gasteiger partial charge in [0.2, 0.25) is 0 Å². The van der Waals surface area contributed by atoms with Crippen LogP contribution in [0.1, 0.15) is 25.0 Å². The molecule has 0 saturated carbocycles. The molecule has 2 nitrogen and oxygen atoms in total. The second-order valence-electron chi connectivity index (χ2n) is 3.28. The summed E-state index contributed by atoms with van der Waals surface area (Å²) in [4.78, 5) is 4.33. The first-order chi connectivity index (χ1) is 6.15. The third kappa shape index (κ3) is 2.71. The molecule has 0 bridgehead atoms. The Morgan fingerprint density at radius 2 is 2.23 bits per heavy atom. The van der Waals surface area contributed by atoms with Crippen LogP contribution in [0.4, 0.5) is 0 Å².